The lowest BCUT2D eigenvalue weighted by Crippen LogP contribution is -2.28. The van der Waals surface area contributed by atoms with E-state index in [1.165, 1.54) is 16.3 Å². The van der Waals surface area contributed by atoms with E-state index < -0.39 is 11.0 Å². The van der Waals surface area contributed by atoms with E-state index in [0.29, 0.717) is 0 Å². The molecule has 0 amide bonds. The normalized spacial score (nSPS) is 26.5. The van der Waals surface area contributed by atoms with Gasteiger partial charge in [-0.3, -0.25) is 0 Å². The molecular formula is C18H21NOS. The summed E-state index contributed by atoms with van der Waals surface area (Å²) in [4.78, 5) is 0. The lowest BCUT2D eigenvalue weighted by Gasteiger charge is -2.18. The van der Waals surface area contributed by atoms with E-state index >= 15 is 0 Å². The molecule has 4 atom stereocenters. The standard InChI is InChI=1S/C18H21NOS/c1-5-16-17(19(16)21(20)18(2,3)4)15-11-10-13-8-6-7-9-14(13)12-15/h5-12,16-17H,1H2,2-4H3/t16-,17-,19?,21?/m0/s1. The molecule has 110 valence electrons. The highest BCUT2D eigenvalue weighted by molar-refractivity contribution is 7.84. The minimum Gasteiger partial charge on any atom is -0.242 e. The van der Waals surface area contributed by atoms with Gasteiger partial charge in [0.2, 0.25) is 0 Å². The average molecular weight is 299 g/mol. The van der Waals surface area contributed by atoms with Gasteiger partial charge >= 0.3 is 0 Å². The number of hydrogen-bond donors (Lipinski definition) is 0. The maximum absolute atomic E-state index is 12.6. The molecule has 3 heteroatoms. The van der Waals surface area contributed by atoms with E-state index in [9.17, 15) is 4.21 Å². The van der Waals surface area contributed by atoms with Gasteiger partial charge in [-0.25, -0.2) is 8.51 Å². The van der Waals surface area contributed by atoms with Crippen LogP contribution in [0.5, 0.6) is 0 Å². The molecular weight excluding hydrogens is 278 g/mol. The van der Waals surface area contributed by atoms with E-state index in [1.54, 1.807) is 0 Å². The maximum atomic E-state index is 12.6. The van der Waals surface area contributed by atoms with Gasteiger partial charge in [0.1, 0.15) is 11.0 Å². The summed E-state index contributed by atoms with van der Waals surface area (Å²) in [6.07, 6.45) is 1.91. The van der Waals surface area contributed by atoms with Gasteiger partial charge < -0.3 is 0 Å². The summed E-state index contributed by atoms with van der Waals surface area (Å²) >= 11 is 0. The molecule has 0 spiro atoms. The van der Waals surface area contributed by atoms with Gasteiger partial charge in [-0.2, -0.15) is 0 Å². The fourth-order valence-electron chi connectivity index (χ4n) is 2.73. The number of hydrogen-bond acceptors (Lipinski definition) is 1. The Morgan fingerprint density at radius 3 is 2.43 bits per heavy atom. The van der Waals surface area contributed by atoms with Crippen LogP contribution in [0.15, 0.2) is 55.1 Å². The van der Waals surface area contributed by atoms with Crippen molar-refractivity contribution in [3.8, 4) is 0 Å². The molecule has 1 heterocycles. The predicted molar refractivity (Wildman–Crippen MR) is 90.4 cm³/mol. The van der Waals surface area contributed by atoms with Crippen molar-refractivity contribution in [1.82, 2.24) is 4.31 Å². The monoisotopic (exact) mass is 299 g/mol. The van der Waals surface area contributed by atoms with Crippen molar-refractivity contribution < 1.29 is 4.21 Å². The van der Waals surface area contributed by atoms with Crippen LogP contribution in [0.25, 0.3) is 10.8 Å². The van der Waals surface area contributed by atoms with Crippen molar-refractivity contribution in [1.29, 1.82) is 0 Å². The molecule has 0 N–H and O–H groups in total. The molecule has 1 fully saturated rings. The van der Waals surface area contributed by atoms with Crippen LogP contribution in [0, 0.1) is 0 Å². The summed E-state index contributed by atoms with van der Waals surface area (Å²) in [5, 5.41) is 2.46. The summed E-state index contributed by atoms with van der Waals surface area (Å²) in [6, 6.07) is 15.2. The zero-order valence-corrected chi connectivity index (χ0v) is 13.6. The van der Waals surface area contributed by atoms with Crippen LogP contribution in [0.3, 0.4) is 0 Å². The predicted octanol–water partition coefficient (Wildman–Crippen LogP) is 4.21. The van der Waals surface area contributed by atoms with Crippen LogP contribution in [0.2, 0.25) is 0 Å². The van der Waals surface area contributed by atoms with Gasteiger partial charge in [-0.05, 0) is 43.2 Å². The van der Waals surface area contributed by atoms with Gasteiger partial charge in [-0.1, -0.05) is 42.5 Å². The molecule has 0 bridgehead atoms. The highest BCUT2D eigenvalue weighted by Crippen LogP contribution is 2.47. The van der Waals surface area contributed by atoms with Gasteiger partial charge in [0, 0.05) is 0 Å². The third-order valence-electron chi connectivity index (χ3n) is 3.87. The van der Waals surface area contributed by atoms with Gasteiger partial charge in [0.15, 0.2) is 0 Å². The van der Waals surface area contributed by atoms with Crippen LogP contribution >= 0.6 is 0 Å². The second-order valence-corrected chi connectivity index (χ2v) is 8.64. The fourth-order valence-corrected chi connectivity index (χ4v) is 4.18. The Morgan fingerprint density at radius 1 is 1.14 bits per heavy atom. The Morgan fingerprint density at radius 2 is 1.81 bits per heavy atom. The highest BCUT2D eigenvalue weighted by atomic mass is 32.2. The second-order valence-electron chi connectivity index (χ2n) is 6.50. The van der Waals surface area contributed by atoms with Crippen molar-refractivity contribution in [2.75, 3.05) is 0 Å². The van der Waals surface area contributed by atoms with Crippen LogP contribution in [0.1, 0.15) is 32.4 Å². The SMILES string of the molecule is C=C[C@H]1[C@H](c2ccc3ccccc3c2)N1S(=O)C(C)(C)C. The second kappa shape index (κ2) is 5.08. The van der Waals surface area contributed by atoms with Crippen molar-refractivity contribution in [3.63, 3.8) is 0 Å². The first-order valence-corrected chi connectivity index (χ1v) is 8.36. The van der Waals surface area contributed by atoms with Gasteiger partial charge in [-0.15, -0.1) is 6.58 Å². The summed E-state index contributed by atoms with van der Waals surface area (Å²) in [7, 11) is -1.01. The molecule has 2 unspecified atom stereocenters. The number of rotatable bonds is 3. The zero-order valence-electron chi connectivity index (χ0n) is 12.7. The molecule has 0 aliphatic carbocycles. The molecule has 0 aromatic heterocycles. The molecule has 1 saturated heterocycles. The van der Waals surface area contributed by atoms with Crippen LogP contribution in [-0.4, -0.2) is 19.3 Å². The first-order chi connectivity index (χ1) is 9.93. The van der Waals surface area contributed by atoms with E-state index in [4.69, 9.17) is 0 Å². The van der Waals surface area contributed by atoms with Gasteiger partial charge in [0.25, 0.3) is 0 Å². The molecule has 2 aromatic carbocycles. The fraction of sp³-hybridized carbons (Fsp3) is 0.333. The molecule has 1 aliphatic heterocycles. The zero-order chi connectivity index (χ0) is 15.2. The lowest BCUT2D eigenvalue weighted by molar-refractivity contribution is 0.603. The van der Waals surface area contributed by atoms with Crippen molar-refractivity contribution in [2.45, 2.75) is 37.6 Å². The molecule has 3 rings (SSSR count). The Labute approximate surface area is 129 Å². The lowest BCUT2D eigenvalue weighted by atomic mass is 10.0. The summed E-state index contributed by atoms with van der Waals surface area (Å²) in [5.41, 5.74) is 1.22. The van der Waals surface area contributed by atoms with Gasteiger partial charge in [0.05, 0.1) is 16.8 Å². The Hall–Kier alpha value is -1.45. The molecule has 2 aromatic rings. The molecule has 0 saturated carbocycles. The van der Waals surface area contributed by atoms with Crippen molar-refractivity contribution in [2.24, 2.45) is 0 Å². The minimum atomic E-state index is -1.01. The molecule has 1 aliphatic rings. The quantitative estimate of drug-likeness (QED) is 0.614. The van der Waals surface area contributed by atoms with Crippen LogP contribution in [-0.2, 0) is 11.0 Å². The van der Waals surface area contributed by atoms with E-state index in [1.807, 2.05) is 32.9 Å². The summed E-state index contributed by atoms with van der Waals surface area (Å²) in [5.74, 6) is 0. The molecule has 0 radical (unpaired) electrons. The van der Waals surface area contributed by atoms with Crippen molar-refractivity contribution >= 4 is 21.8 Å². The Kier molecular flexibility index (Phi) is 3.50. The third-order valence-corrected chi connectivity index (χ3v) is 5.77. The smallest absolute Gasteiger partial charge is 0.101 e. The first-order valence-electron chi connectivity index (χ1n) is 7.25. The minimum absolute atomic E-state index is 0.172. The highest BCUT2D eigenvalue weighted by Gasteiger charge is 2.52. The third kappa shape index (κ3) is 2.56. The van der Waals surface area contributed by atoms with Crippen LogP contribution in [0.4, 0.5) is 0 Å². The largest absolute Gasteiger partial charge is 0.242 e. The summed E-state index contributed by atoms with van der Waals surface area (Å²) in [6.45, 7) is 9.94. The van der Waals surface area contributed by atoms with E-state index in [0.717, 1.165) is 0 Å². The molecule has 21 heavy (non-hydrogen) atoms. The Bertz CT molecular complexity index is 716. The first kappa shape index (κ1) is 14.5. The maximum Gasteiger partial charge on any atom is 0.101 e. The van der Waals surface area contributed by atoms with E-state index in [2.05, 4.69) is 47.3 Å². The average Bonchev–Trinajstić information content (AvgIpc) is 3.19. The van der Waals surface area contributed by atoms with Crippen molar-refractivity contribution in [3.05, 3.63) is 60.7 Å². The molecule has 2 nitrogen and oxygen atoms in total. The number of fused-ring (bicyclic) bond motifs is 1. The van der Waals surface area contributed by atoms with E-state index in [-0.39, 0.29) is 16.8 Å². The van der Waals surface area contributed by atoms with Crippen LogP contribution < -0.4 is 0 Å². The topological polar surface area (TPSA) is 20.1 Å². The Balaban J connectivity index is 1.95. The number of nitrogens with zero attached hydrogens (tertiary/aromatic N) is 1. The number of benzene rings is 2. The summed E-state index contributed by atoms with van der Waals surface area (Å²) < 4.78 is 14.4.